The van der Waals surface area contributed by atoms with Crippen LogP contribution in [0.15, 0.2) is 40.5 Å². The predicted octanol–water partition coefficient (Wildman–Crippen LogP) is 2.92. The number of aromatic nitrogens is 2. The number of hydrogen-bond donors (Lipinski definition) is 0. The first-order chi connectivity index (χ1) is 11.7. The zero-order chi connectivity index (χ0) is 17.1. The average molecular weight is 343 g/mol. The SMILES string of the molecule is CCc1cc2c(=O)n(/N=C\c3ccc(OC)c(OC)c3)cnc2s1. The number of thiophene rings is 1. The fraction of sp³-hybridized carbons (Fsp3) is 0.235. The molecular weight excluding hydrogens is 326 g/mol. The van der Waals surface area contributed by atoms with Crippen LogP contribution in [-0.4, -0.2) is 30.1 Å². The summed E-state index contributed by atoms with van der Waals surface area (Å²) < 4.78 is 11.7. The number of rotatable bonds is 5. The van der Waals surface area contributed by atoms with Gasteiger partial charge in [-0.2, -0.15) is 9.78 Å². The van der Waals surface area contributed by atoms with Gasteiger partial charge in [0.15, 0.2) is 11.5 Å². The molecule has 1 aromatic carbocycles. The summed E-state index contributed by atoms with van der Waals surface area (Å²) in [5, 5.41) is 4.82. The number of nitrogens with zero attached hydrogens (tertiary/aromatic N) is 3. The van der Waals surface area contributed by atoms with Gasteiger partial charge in [0.05, 0.1) is 25.8 Å². The van der Waals surface area contributed by atoms with E-state index in [9.17, 15) is 4.79 Å². The van der Waals surface area contributed by atoms with Gasteiger partial charge >= 0.3 is 0 Å². The van der Waals surface area contributed by atoms with E-state index in [-0.39, 0.29) is 5.56 Å². The van der Waals surface area contributed by atoms with E-state index in [0.717, 1.165) is 21.7 Å². The topological polar surface area (TPSA) is 65.7 Å². The normalized spacial score (nSPS) is 11.3. The third-order valence-electron chi connectivity index (χ3n) is 3.57. The molecule has 0 bridgehead atoms. The molecule has 6 nitrogen and oxygen atoms in total. The van der Waals surface area contributed by atoms with Gasteiger partial charge in [-0.05, 0) is 36.2 Å². The summed E-state index contributed by atoms with van der Waals surface area (Å²) in [5.74, 6) is 1.24. The minimum absolute atomic E-state index is 0.173. The molecule has 0 amide bonds. The van der Waals surface area contributed by atoms with Crippen molar-refractivity contribution in [2.45, 2.75) is 13.3 Å². The summed E-state index contributed by atoms with van der Waals surface area (Å²) in [5.41, 5.74) is 0.617. The van der Waals surface area contributed by atoms with Crippen molar-refractivity contribution in [1.29, 1.82) is 0 Å². The van der Waals surface area contributed by atoms with Gasteiger partial charge in [0.2, 0.25) is 0 Å². The van der Waals surface area contributed by atoms with E-state index in [0.29, 0.717) is 16.9 Å². The lowest BCUT2D eigenvalue weighted by molar-refractivity contribution is 0.355. The molecule has 0 saturated carbocycles. The first-order valence-electron chi connectivity index (χ1n) is 7.42. The van der Waals surface area contributed by atoms with Gasteiger partial charge in [0.1, 0.15) is 11.2 Å². The van der Waals surface area contributed by atoms with Crippen LogP contribution >= 0.6 is 11.3 Å². The lowest BCUT2D eigenvalue weighted by Crippen LogP contribution is -2.16. The minimum atomic E-state index is -0.173. The number of fused-ring (bicyclic) bond motifs is 1. The summed E-state index contributed by atoms with van der Waals surface area (Å²) in [4.78, 5) is 18.7. The molecule has 0 fully saturated rings. The number of methoxy groups -OCH3 is 2. The van der Waals surface area contributed by atoms with Crippen LogP contribution in [0.3, 0.4) is 0 Å². The van der Waals surface area contributed by atoms with Gasteiger partial charge in [0.25, 0.3) is 5.56 Å². The van der Waals surface area contributed by atoms with Crippen molar-refractivity contribution in [3.05, 3.63) is 51.4 Å². The molecule has 3 aromatic rings. The van der Waals surface area contributed by atoms with Crippen LogP contribution in [-0.2, 0) is 6.42 Å². The first kappa shape index (κ1) is 16.2. The molecule has 0 aliphatic carbocycles. The lowest BCUT2D eigenvalue weighted by atomic mass is 10.2. The highest BCUT2D eigenvalue weighted by Crippen LogP contribution is 2.27. The Morgan fingerprint density at radius 2 is 2.04 bits per heavy atom. The van der Waals surface area contributed by atoms with Crippen LogP contribution in [0.1, 0.15) is 17.4 Å². The van der Waals surface area contributed by atoms with Crippen molar-refractivity contribution in [2.75, 3.05) is 14.2 Å². The number of aryl methyl sites for hydroxylation is 1. The molecule has 2 aromatic heterocycles. The van der Waals surface area contributed by atoms with Gasteiger partial charge in [-0.1, -0.05) is 6.92 Å². The summed E-state index contributed by atoms with van der Waals surface area (Å²) >= 11 is 1.54. The van der Waals surface area contributed by atoms with E-state index < -0.39 is 0 Å². The third kappa shape index (κ3) is 3.03. The second-order valence-corrected chi connectivity index (χ2v) is 6.15. The first-order valence-corrected chi connectivity index (χ1v) is 8.24. The van der Waals surface area contributed by atoms with E-state index in [2.05, 4.69) is 17.0 Å². The zero-order valence-corrected chi connectivity index (χ0v) is 14.5. The highest BCUT2D eigenvalue weighted by molar-refractivity contribution is 7.18. The monoisotopic (exact) mass is 343 g/mol. The van der Waals surface area contributed by atoms with E-state index in [4.69, 9.17) is 9.47 Å². The maximum Gasteiger partial charge on any atom is 0.282 e. The molecule has 7 heteroatoms. The van der Waals surface area contributed by atoms with Crippen LogP contribution in [0, 0.1) is 0 Å². The predicted molar refractivity (Wildman–Crippen MR) is 95.8 cm³/mol. The van der Waals surface area contributed by atoms with E-state index in [1.165, 1.54) is 22.3 Å². The third-order valence-corrected chi connectivity index (χ3v) is 4.76. The Kier molecular flexibility index (Phi) is 4.61. The minimum Gasteiger partial charge on any atom is -0.493 e. The Balaban J connectivity index is 1.96. The molecule has 0 saturated heterocycles. The number of hydrogen-bond acceptors (Lipinski definition) is 6. The van der Waals surface area contributed by atoms with Crippen molar-refractivity contribution in [1.82, 2.24) is 9.66 Å². The highest BCUT2D eigenvalue weighted by atomic mass is 32.1. The molecule has 0 atom stereocenters. The van der Waals surface area contributed by atoms with Crippen LogP contribution in [0.5, 0.6) is 11.5 Å². The second-order valence-electron chi connectivity index (χ2n) is 5.04. The molecule has 2 heterocycles. The van der Waals surface area contributed by atoms with Gasteiger partial charge in [-0.3, -0.25) is 4.79 Å². The molecule has 24 heavy (non-hydrogen) atoms. The molecule has 0 N–H and O–H groups in total. The van der Waals surface area contributed by atoms with E-state index in [1.807, 2.05) is 12.1 Å². The summed E-state index contributed by atoms with van der Waals surface area (Å²) in [6, 6.07) is 7.30. The Labute approximate surface area is 143 Å². The number of ether oxygens (including phenoxy) is 2. The van der Waals surface area contributed by atoms with Crippen molar-refractivity contribution in [3.8, 4) is 11.5 Å². The maximum absolute atomic E-state index is 12.5. The zero-order valence-electron chi connectivity index (χ0n) is 13.6. The molecule has 124 valence electrons. The molecule has 0 aliphatic heterocycles. The van der Waals surface area contributed by atoms with Crippen LogP contribution in [0.2, 0.25) is 0 Å². The maximum atomic E-state index is 12.5. The number of benzene rings is 1. The molecule has 0 radical (unpaired) electrons. The van der Waals surface area contributed by atoms with E-state index in [1.54, 1.807) is 32.6 Å². The Bertz CT molecular complexity index is 959. The van der Waals surface area contributed by atoms with Crippen LogP contribution in [0.25, 0.3) is 10.2 Å². The van der Waals surface area contributed by atoms with Crippen molar-refractivity contribution in [3.63, 3.8) is 0 Å². The van der Waals surface area contributed by atoms with Gasteiger partial charge < -0.3 is 9.47 Å². The summed E-state index contributed by atoms with van der Waals surface area (Å²) in [7, 11) is 3.15. The van der Waals surface area contributed by atoms with Crippen molar-refractivity contribution < 1.29 is 9.47 Å². The molecule has 0 aliphatic rings. The van der Waals surface area contributed by atoms with Gasteiger partial charge in [-0.15, -0.1) is 11.3 Å². The van der Waals surface area contributed by atoms with Crippen molar-refractivity contribution in [2.24, 2.45) is 5.10 Å². The Morgan fingerprint density at radius 3 is 2.75 bits per heavy atom. The quantitative estimate of drug-likeness (QED) is 0.668. The Morgan fingerprint density at radius 1 is 1.25 bits per heavy atom. The van der Waals surface area contributed by atoms with Gasteiger partial charge in [0, 0.05) is 4.88 Å². The van der Waals surface area contributed by atoms with E-state index >= 15 is 0 Å². The molecule has 0 spiro atoms. The fourth-order valence-electron chi connectivity index (χ4n) is 2.28. The molecular formula is C17H17N3O3S. The smallest absolute Gasteiger partial charge is 0.282 e. The highest BCUT2D eigenvalue weighted by Gasteiger charge is 2.08. The van der Waals surface area contributed by atoms with Crippen molar-refractivity contribution >= 4 is 27.8 Å². The second kappa shape index (κ2) is 6.84. The lowest BCUT2D eigenvalue weighted by Gasteiger charge is -2.07. The Hall–Kier alpha value is -2.67. The summed E-state index contributed by atoms with van der Waals surface area (Å²) in [6.07, 6.45) is 3.91. The van der Waals surface area contributed by atoms with Gasteiger partial charge in [-0.25, -0.2) is 4.98 Å². The average Bonchev–Trinajstić information content (AvgIpc) is 3.05. The molecule has 3 rings (SSSR count). The van der Waals surface area contributed by atoms with Crippen LogP contribution in [0.4, 0.5) is 0 Å². The summed E-state index contributed by atoms with van der Waals surface area (Å²) in [6.45, 7) is 2.05. The fourth-order valence-corrected chi connectivity index (χ4v) is 3.21. The van der Waals surface area contributed by atoms with Crippen LogP contribution < -0.4 is 15.0 Å². The standard InChI is InChI=1S/C17H17N3O3S/c1-4-12-8-13-16(24-12)18-10-20(17(13)21)19-9-11-5-6-14(22-2)15(7-11)23-3/h5-10H,4H2,1-3H3/b19-9-. The largest absolute Gasteiger partial charge is 0.493 e. The molecule has 0 unspecified atom stereocenters.